The molecule has 0 spiro atoms. The van der Waals surface area contributed by atoms with Crippen LogP contribution in [0.5, 0.6) is 5.75 Å². The van der Waals surface area contributed by atoms with Crippen molar-refractivity contribution in [2.75, 3.05) is 24.5 Å². The fraction of sp³-hybridized carbons (Fsp3) is 0.333. The smallest absolute Gasteiger partial charge is 0.264 e. The second-order valence-electron chi connectivity index (χ2n) is 9.73. The van der Waals surface area contributed by atoms with E-state index in [1.54, 1.807) is 68.6 Å². The van der Waals surface area contributed by atoms with E-state index in [2.05, 4.69) is 5.32 Å². The molecule has 0 saturated carbocycles. The van der Waals surface area contributed by atoms with Gasteiger partial charge < -0.3 is 15.0 Å². The molecule has 3 rings (SSSR count). The Morgan fingerprint density at radius 3 is 2.12 bits per heavy atom. The van der Waals surface area contributed by atoms with Crippen molar-refractivity contribution in [2.24, 2.45) is 5.92 Å². The number of ether oxygens (including phenoxy) is 1. The van der Waals surface area contributed by atoms with E-state index in [-0.39, 0.29) is 29.0 Å². The number of amides is 2. The Kier molecular flexibility index (Phi) is 10.7. The summed E-state index contributed by atoms with van der Waals surface area (Å²) in [7, 11) is -2.70. The summed E-state index contributed by atoms with van der Waals surface area (Å²) in [5.74, 6) is -0.599. The minimum Gasteiger partial charge on any atom is -0.497 e. The lowest BCUT2D eigenvalue weighted by Gasteiger charge is -2.33. The second kappa shape index (κ2) is 13.9. The Labute approximate surface area is 235 Å². The van der Waals surface area contributed by atoms with Gasteiger partial charge >= 0.3 is 0 Å². The van der Waals surface area contributed by atoms with Crippen LogP contribution in [0.2, 0.25) is 0 Å². The predicted octanol–water partition coefficient (Wildman–Crippen LogP) is 4.61. The van der Waals surface area contributed by atoms with E-state index in [0.717, 1.165) is 34.1 Å². The van der Waals surface area contributed by atoms with Crippen LogP contribution in [0.3, 0.4) is 0 Å². The molecule has 10 heteroatoms. The molecule has 0 aliphatic carbocycles. The number of hydrogen-bond donors (Lipinski definition) is 1. The van der Waals surface area contributed by atoms with E-state index in [1.807, 2.05) is 13.8 Å². The molecular formula is C30H36FN3O5S. The second-order valence-corrected chi connectivity index (χ2v) is 11.6. The molecule has 0 fully saturated rings. The minimum atomic E-state index is -4.25. The van der Waals surface area contributed by atoms with E-state index in [0.29, 0.717) is 18.7 Å². The first-order valence-corrected chi connectivity index (χ1v) is 14.5. The summed E-state index contributed by atoms with van der Waals surface area (Å²) in [6, 6.07) is 18.9. The maximum atomic E-state index is 14.0. The van der Waals surface area contributed by atoms with Crippen molar-refractivity contribution in [3.8, 4) is 5.75 Å². The molecule has 1 N–H and O–H groups in total. The number of methoxy groups -OCH3 is 1. The number of nitrogens with zero attached hydrogens (tertiary/aromatic N) is 2. The van der Waals surface area contributed by atoms with Crippen LogP contribution < -0.4 is 14.4 Å². The molecule has 0 heterocycles. The quantitative estimate of drug-likeness (QED) is 0.324. The maximum Gasteiger partial charge on any atom is 0.264 e. The van der Waals surface area contributed by atoms with Crippen LogP contribution >= 0.6 is 0 Å². The van der Waals surface area contributed by atoms with Gasteiger partial charge in [-0.25, -0.2) is 12.8 Å². The number of benzene rings is 3. The third kappa shape index (κ3) is 7.81. The van der Waals surface area contributed by atoms with Crippen molar-refractivity contribution < 1.29 is 27.1 Å². The Bertz CT molecular complexity index is 1360. The standard InChI is InChI=1S/C30H36FN3O5S/c1-5-28(30(36)32-19-22(2)3)33(20-23-11-15-26(39-4)16-12-23)29(35)21-34(25-9-7-6-8-10-25)40(37,38)27-17-13-24(31)14-18-27/h6-18,22,28H,5,19-21H2,1-4H3,(H,32,36)/t28-/m0/s1. The summed E-state index contributed by atoms with van der Waals surface area (Å²) in [6.45, 7) is 5.70. The largest absolute Gasteiger partial charge is 0.497 e. The first-order valence-electron chi connectivity index (χ1n) is 13.1. The molecule has 3 aromatic carbocycles. The molecule has 0 aromatic heterocycles. The summed E-state index contributed by atoms with van der Waals surface area (Å²) in [5.41, 5.74) is 1.01. The number of rotatable bonds is 13. The van der Waals surface area contributed by atoms with Gasteiger partial charge in [-0.3, -0.25) is 13.9 Å². The van der Waals surface area contributed by atoms with Crippen molar-refractivity contribution in [1.29, 1.82) is 0 Å². The number of para-hydroxylation sites is 1. The van der Waals surface area contributed by atoms with Crippen LogP contribution in [0.1, 0.15) is 32.8 Å². The monoisotopic (exact) mass is 569 g/mol. The van der Waals surface area contributed by atoms with Crippen LogP contribution in [0.25, 0.3) is 0 Å². The molecule has 0 radical (unpaired) electrons. The summed E-state index contributed by atoms with van der Waals surface area (Å²) in [4.78, 5) is 28.5. The zero-order valence-corrected chi connectivity index (χ0v) is 24.0. The van der Waals surface area contributed by atoms with Gasteiger partial charge in [0.1, 0.15) is 24.2 Å². The molecule has 0 bridgehead atoms. The first-order chi connectivity index (χ1) is 19.1. The molecule has 0 aliphatic heterocycles. The van der Waals surface area contributed by atoms with Crippen LogP contribution in [0.15, 0.2) is 83.8 Å². The van der Waals surface area contributed by atoms with Gasteiger partial charge in [-0.2, -0.15) is 0 Å². The van der Waals surface area contributed by atoms with Crippen LogP contribution in [-0.4, -0.2) is 51.4 Å². The lowest BCUT2D eigenvalue weighted by molar-refractivity contribution is -0.140. The molecule has 0 unspecified atom stereocenters. The fourth-order valence-electron chi connectivity index (χ4n) is 4.13. The SMILES string of the molecule is CC[C@@H](C(=O)NCC(C)C)N(Cc1ccc(OC)cc1)C(=O)CN(c1ccccc1)S(=O)(=O)c1ccc(F)cc1. The third-order valence-corrected chi connectivity index (χ3v) is 8.10. The average molecular weight is 570 g/mol. The summed E-state index contributed by atoms with van der Waals surface area (Å²) in [6.07, 6.45) is 0.321. The molecule has 0 aliphatic rings. The topological polar surface area (TPSA) is 96.0 Å². The highest BCUT2D eigenvalue weighted by molar-refractivity contribution is 7.92. The lowest BCUT2D eigenvalue weighted by atomic mass is 10.1. The van der Waals surface area contributed by atoms with Crippen LogP contribution in [0.4, 0.5) is 10.1 Å². The molecule has 8 nitrogen and oxygen atoms in total. The van der Waals surface area contributed by atoms with E-state index in [9.17, 15) is 22.4 Å². The van der Waals surface area contributed by atoms with Crippen molar-refractivity contribution in [3.63, 3.8) is 0 Å². The van der Waals surface area contributed by atoms with Gasteiger partial charge in [-0.05, 0) is 66.4 Å². The van der Waals surface area contributed by atoms with Crippen molar-refractivity contribution in [1.82, 2.24) is 10.2 Å². The van der Waals surface area contributed by atoms with Gasteiger partial charge in [0.2, 0.25) is 11.8 Å². The highest BCUT2D eigenvalue weighted by Gasteiger charge is 2.33. The highest BCUT2D eigenvalue weighted by atomic mass is 32.2. The van der Waals surface area contributed by atoms with Crippen LogP contribution in [-0.2, 0) is 26.2 Å². The lowest BCUT2D eigenvalue weighted by Crippen LogP contribution is -2.52. The minimum absolute atomic E-state index is 0.0790. The van der Waals surface area contributed by atoms with Gasteiger partial charge in [-0.1, -0.05) is 51.1 Å². The normalized spacial score (nSPS) is 12.1. The van der Waals surface area contributed by atoms with Crippen molar-refractivity contribution in [3.05, 3.63) is 90.2 Å². The van der Waals surface area contributed by atoms with Gasteiger partial charge in [0.25, 0.3) is 10.0 Å². The predicted molar refractivity (Wildman–Crippen MR) is 153 cm³/mol. The van der Waals surface area contributed by atoms with Crippen LogP contribution in [0, 0.1) is 11.7 Å². The summed E-state index contributed by atoms with van der Waals surface area (Å²) < 4.78 is 47.2. The maximum absolute atomic E-state index is 14.0. The molecule has 40 heavy (non-hydrogen) atoms. The Morgan fingerprint density at radius 1 is 0.950 bits per heavy atom. The zero-order chi connectivity index (χ0) is 29.3. The van der Waals surface area contributed by atoms with E-state index >= 15 is 0 Å². The van der Waals surface area contributed by atoms with Crippen molar-refractivity contribution in [2.45, 2.75) is 44.7 Å². The van der Waals surface area contributed by atoms with Gasteiger partial charge in [0.15, 0.2) is 0 Å². The zero-order valence-electron chi connectivity index (χ0n) is 23.2. The van der Waals surface area contributed by atoms with Gasteiger partial charge in [0.05, 0.1) is 17.7 Å². The highest BCUT2D eigenvalue weighted by Crippen LogP contribution is 2.25. The number of halogens is 1. The van der Waals surface area contributed by atoms with E-state index in [4.69, 9.17) is 4.74 Å². The number of nitrogens with one attached hydrogen (secondary N) is 1. The van der Waals surface area contributed by atoms with Gasteiger partial charge in [0, 0.05) is 13.1 Å². The average Bonchev–Trinajstić information content (AvgIpc) is 2.95. The Balaban J connectivity index is 2.01. The van der Waals surface area contributed by atoms with E-state index < -0.39 is 34.3 Å². The molecule has 1 atom stereocenters. The Morgan fingerprint density at radius 2 is 1.57 bits per heavy atom. The van der Waals surface area contributed by atoms with Crippen molar-refractivity contribution >= 4 is 27.5 Å². The molecule has 0 saturated heterocycles. The summed E-state index contributed by atoms with van der Waals surface area (Å²) in [5, 5.41) is 2.90. The molecule has 214 valence electrons. The number of carbonyl (C=O) groups is 2. The first kappa shape index (κ1) is 30.6. The fourth-order valence-corrected chi connectivity index (χ4v) is 5.54. The Hall–Kier alpha value is -3.92. The summed E-state index contributed by atoms with van der Waals surface area (Å²) >= 11 is 0. The molecule has 3 aromatic rings. The number of anilines is 1. The number of hydrogen-bond acceptors (Lipinski definition) is 5. The molecule has 2 amide bonds. The van der Waals surface area contributed by atoms with E-state index in [1.165, 1.54) is 4.90 Å². The van der Waals surface area contributed by atoms with Gasteiger partial charge in [-0.15, -0.1) is 0 Å². The molecular weight excluding hydrogens is 533 g/mol. The number of sulfonamides is 1. The number of carbonyl (C=O) groups excluding carboxylic acids is 2. The third-order valence-electron chi connectivity index (χ3n) is 6.31.